The van der Waals surface area contributed by atoms with Crippen molar-refractivity contribution in [3.8, 4) is 0 Å². The number of hydrogen-bond acceptors (Lipinski definition) is 3. The SMILES string of the molecule is OC1CN(CC2CCNC2)C1. The second-order valence-corrected chi connectivity index (χ2v) is 3.73. The minimum Gasteiger partial charge on any atom is -0.390 e. The molecule has 2 fully saturated rings. The molecule has 0 spiro atoms. The van der Waals surface area contributed by atoms with Crippen LogP contribution in [-0.2, 0) is 0 Å². The summed E-state index contributed by atoms with van der Waals surface area (Å²) in [5, 5.41) is 12.4. The maximum Gasteiger partial charge on any atom is 0.0793 e. The van der Waals surface area contributed by atoms with Gasteiger partial charge in [0, 0.05) is 19.6 Å². The molecule has 2 aliphatic heterocycles. The molecule has 1 atom stereocenters. The summed E-state index contributed by atoms with van der Waals surface area (Å²) in [6.07, 6.45) is 1.27. The molecular weight excluding hydrogens is 140 g/mol. The van der Waals surface area contributed by atoms with Crippen molar-refractivity contribution in [3.05, 3.63) is 0 Å². The van der Waals surface area contributed by atoms with E-state index in [2.05, 4.69) is 10.2 Å². The van der Waals surface area contributed by atoms with Crippen LogP contribution in [0, 0.1) is 5.92 Å². The first kappa shape index (κ1) is 7.53. The van der Waals surface area contributed by atoms with Gasteiger partial charge in [0.15, 0.2) is 0 Å². The molecule has 2 aliphatic rings. The van der Waals surface area contributed by atoms with Crippen molar-refractivity contribution in [1.82, 2.24) is 10.2 Å². The predicted molar refractivity (Wildman–Crippen MR) is 43.4 cm³/mol. The Balaban J connectivity index is 1.66. The van der Waals surface area contributed by atoms with Crippen molar-refractivity contribution in [1.29, 1.82) is 0 Å². The first-order chi connectivity index (χ1) is 5.34. The van der Waals surface area contributed by atoms with E-state index < -0.39 is 0 Å². The molecule has 2 heterocycles. The van der Waals surface area contributed by atoms with Crippen LogP contribution in [0.1, 0.15) is 6.42 Å². The van der Waals surface area contributed by atoms with Gasteiger partial charge in [0.2, 0.25) is 0 Å². The first-order valence-corrected chi connectivity index (χ1v) is 4.46. The van der Waals surface area contributed by atoms with Gasteiger partial charge in [-0.25, -0.2) is 0 Å². The predicted octanol–water partition coefficient (Wildman–Crippen LogP) is -0.728. The van der Waals surface area contributed by atoms with Crippen LogP contribution in [-0.4, -0.2) is 48.8 Å². The largest absolute Gasteiger partial charge is 0.390 e. The topological polar surface area (TPSA) is 35.5 Å². The van der Waals surface area contributed by atoms with E-state index in [-0.39, 0.29) is 6.10 Å². The molecule has 0 aromatic carbocycles. The number of nitrogens with zero attached hydrogens (tertiary/aromatic N) is 1. The minimum absolute atomic E-state index is 0.0376. The molecule has 3 nitrogen and oxygen atoms in total. The Morgan fingerprint density at radius 2 is 2.27 bits per heavy atom. The van der Waals surface area contributed by atoms with Gasteiger partial charge in [0.05, 0.1) is 6.10 Å². The lowest BCUT2D eigenvalue weighted by atomic mass is 10.1. The average molecular weight is 156 g/mol. The molecule has 0 radical (unpaired) electrons. The fourth-order valence-corrected chi connectivity index (χ4v) is 1.93. The summed E-state index contributed by atoms with van der Waals surface area (Å²) in [6.45, 7) is 5.34. The van der Waals surface area contributed by atoms with E-state index in [1.165, 1.54) is 26.1 Å². The molecule has 0 amide bonds. The van der Waals surface area contributed by atoms with Gasteiger partial charge in [0.25, 0.3) is 0 Å². The lowest BCUT2D eigenvalue weighted by Crippen LogP contribution is -2.52. The van der Waals surface area contributed by atoms with Crippen LogP contribution in [0.3, 0.4) is 0 Å². The average Bonchev–Trinajstić information content (AvgIpc) is 2.36. The van der Waals surface area contributed by atoms with Crippen LogP contribution in [0.25, 0.3) is 0 Å². The van der Waals surface area contributed by atoms with Crippen LogP contribution in [0.5, 0.6) is 0 Å². The number of β-amino-alcohol motifs (C(OH)–C–C–N with tert-alkyl or cyclic N) is 1. The molecule has 0 aromatic heterocycles. The zero-order valence-electron chi connectivity index (χ0n) is 6.79. The van der Waals surface area contributed by atoms with Gasteiger partial charge in [-0.3, -0.25) is 4.90 Å². The number of likely N-dealkylation sites (tertiary alicyclic amines) is 1. The highest BCUT2D eigenvalue weighted by Gasteiger charge is 2.27. The quantitative estimate of drug-likeness (QED) is 0.553. The molecule has 2 rings (SSSR count). The third kappa shape index (κ3) is 1.72. The van der Waals surface area contributed by atoms with Gasteiger partial charge < -0.3 is 10.4 Å². The zero-order chi connectivity index (χ0) is 7.68. The summed E-state index contributed by atoms with van der Waals surface area (Å²) >= 11 is 0. The van der Waals surface area contributed by atoms with Gasteiger partial charge in [0.1, 0.15) is 0 Å². The lowest BCUT2D eigenvalue weighted by Gasteiger charge is -2.37. The summed E-state index contributed by atoms with van der Waals surface area (Å²) in [7, 11) is 0. The molecule has 1 unspecified atom stereocenters. The van der Waals surface area contributed by atoms with Crippen molar-refractivity contribution in [2.45, 2.75) is 12.5 Å². The maximum absolute atomic E-state index is 9.03. The Hall–Kier alpha value is -0.120. The smallest absolute Gasteiger partial charge is 0.0793 e. The number of nitrogens with one attached hydrogen (secondary N) is 1. The number of rotatable bonds is 2. The molecule has 2 saturated heterocycles. The van der Waals surface area contributed by atoms with Gasteiger partial charge in [-0.05, 0) is 25.4 Å². The van der Waals surface area contributed by atoms with Crippen LogP contribution < -0.4 is 5.32 Å². The lowest BCUT2D eigenvalue weighted by molar-refractivity contribution is -0.00505. The van der Waals surface area contributed by atoms with Gasteiger partial charge >= 0.3 is 0 Å². The highest BCUT2D eigenvalue weighted by Crippen LogP contribution is 2.14. The van der Waals surface area contributed by atoms with Crippen molar-refractivity contribution in [3.63, 3.8) is 0 Å². The molecule has 0 bridgehead atoms. The fraction of sp³-hybridized carbons (Fsp3) is 1.00. The molecule has 11 heavy (non-hydrogen) atoms. The first-order valence-electron chi connectivity index (χ1n) is 4.46. The Kier molecular flexibility index (Phi) is 2.11. The Bertz CT molecular complexity index is 128. The third-order valence-electron chi connectivity index (χ3n) is 2.62. The molecule has 3 heteroatoms. The van der Waals surface area contributed by atoms with E-state index in [4.69, 9.17) is 5.11 Å². The standard InChI is InChI=1S/C8H16N2O/c11-8-5-10(6-8)4-7-1-2-9-3-7/h7-9,11H,1-6H2. The van der Waals surface area contributed by atoms with Crippen molar-refractivity contribution >= 4 is 0 Å². The normalized spacial score (nSPS) is 34.1. The number of aliphatic hydroxyl groups excluding tert-OH is 1. The molecule has 0 aromatic rings. The highest BCUT2D eigenvalue weighted by molar-refractivity contribution is 4.83. The summed E-state index contributed by atoms with van der Waals surface area (Å²) < 4.78 is 0. The van der Waals surface area contributed by atoms with E-state index in [0.717, 1.165) is 19.0 Å². The second-order valence-electron chi connectivity index (χ2n) is 3.73. The summed E-state index contributed by atoms with van der Waals surface area (Å²) in [5.74, 6) is 0.836. The molecular formula is C8H16N2O. The van der Waals surface area contributed by atoms with Gasteiger partial charge in [-0.2, -0.15) is 0 Å². The number of hydrogen-bond donors (Lipinski definition) is 2. The molecule has 0 aliphatic carbocycles. The summed E-state index contributed by atoms with van der Waals surface area (Å²) in [5.41, 5.74) is 0. The summed E-state index contributed by atoms with van der Waals surface area (Å²) in [6, 6.07) is 0. The Morgan fingerprint density at radius 3 is 2.82 bits per heavy atom. The third-order valence-corrected chi connectivity index (χ3v) is 2.62. The molecule has 2 N–H and O–H groups in total. The fourth-order valence-electron chi connectivity index (χ4n) is 1.93. The van der Waals surface area contributed by atoms with Crippen molar-refractivity contribution in [2.24, 2.45) is 5.92 Å². The highest BCUT2D eigenvalue weighted by atomic mass is 16.3. The molecule has 0 saturated carbocycles. The molecule has 64 valence electrons. The Morgan fingerprint density at radius 1 is 1.45 bits per heavy atom. The van der Waals surface area contributed by atoms with Crippen LogP contribution >= 0.6 is 0 Å². The van der Waals surface area contributed by atoms with Crippen molar-refractivity contribution < 1.29 is 5.11 Å². The maximum atomic E-state index is 9.03. The van der Waals surface area contributed by atoms with E-state index >= 15 is 0 Å². The summed E-state index contributed by atoms with van der Waals surface area (Å²) in [4.78, 5) is 2.34. The minimum atomic E-state index is -0.0376. The second kappa shape index (κ2) is 3.09. The van der Waals surface area contributed by atoms with Crippen LogP contribution in [0.2, 0.25) is 0 Å². The number of aliphatic hydroxyl groups is 1. The monoisotopic (exact) mass is 156 g/mol. The van der Waals surface area contributed by atoms with E-state index in [1.807, 2.05) is 0 Å². The van der Waals surface area contributed by atoms with Crippen molar-refractivity contribution in [2.75, 3.05) is 32.7 Å². The van der Waals surface area contributed by atoms with E-state index in [1.54, 1.807) is 0 Å². The van der Waals surface area contributed by atoms with Crippen LogP contribution in [0.4, 0.5) is 0 Å². The van der Waals surface area contributed by atoms with Crippen LogP contribution in [0.15, 0.2) is 0 Å². The van der Waals surface area contributed by atoms with E-state index in [0.29, 0.717) is 0 Å². The zero-order valence-corrected chi connectivity index (χ0v) is 6.79. The Labute approximate surface area is 67.4 Å². The van der Waals surface area contributed by atoms with Gasteiger partial charge in [-0.1, -0.05) is 0 Å². The van der Waals surface area contributed by atoms with Gasteiger partial charge in [-0.15, -0.1) is 0 Å². The van der Waals surface area contributed by atoms with E-state index in [9.17, 15) is 0 Å².